The van der Waals surface area contributed by atoms with Gasteiger partial charge in [0.05, 0.1) is 39.4 Å². The van der Waals surface area contributed by atoms with Gasteiger partial charge in [0.15, 0.2) is 0 Å². The fourth-order valence-electron chi connectivity index (χ4n) is 16.2. The van der Waals surface area contributed by atoms with Crippen LogP contribution in [0.15, 0.2) is 234 Å². The first-order valence-electron chi connectivity index (χ1n) is 27.2. The molecule has 9 aromatic rings. The normalized spacial score (nSPS) is 28.3. The molecule has 368 valence electrons. The van der Waals surface area contributed by atoms with Crippen LogP contribution in [0.5, 0.6) is 0 Å². The molecule has 3 spiro atoms. The summed E-state index contributed by atoms with van der Waals surface area (Å²) in [7, 11) is 0. The van der Waals surface area contributed by atoms with E-state index in [0.29, 0.717) is 5.92 Å². The van der Waals surface area contributed by atoms with Crippen LogP contribution in [0.1, 0.15) is 76.1 Å². The van der Waals surface area contributed by atoms with Gasteiger partial charge < -0.3 is 0 Å². The number of hydrogen-bond donors (Lipinski definition) is 0. The number of aromatic nitrogens is 3. The molecule has 15 rings (SSSR count). The summed E-state index contributed by atoms with van der Waals surface area (Å²) >= 11 is 0. The molecule has 6 aliphatic carbocycles. The van der Waals surface area contributed by atoms with E-state index in [9.17, 15) is 0 Å². The van der Waals surface area contributed by atoms with E-state index in [1.807, 2.05) is 6.20 Å². The summed E-state index contributed by atoms with van der Waals surface area (Å²) in [5.74, 6) is 0.485. The van der Waals surface area contributed by atoms with Crippen molar-refractivity contribution in [3.8, 4) is 67.0 Å². The third kappa shape index (κ3) is 6.58. The third-order valence-corrected chi connectivity index (χ3v) is 19.2. The molecule has 0 amide bonds. The molecule has 7 atom stereocenters. The lowest BCUT2D eigenvalue weighted by atomic mass is 9.77. The van der Waals surface area contributed by atoms with Crippen LogP contribution in [0, 0.1) is 22.2 Å². The van der Waals surface area contributed by atoms with Crippen LogP contribution in [0.25, 0.3) is 67.0 Å². The summed E-state index contributed by atoms with van der Waals surface area (Å²) in [5, 5.41) is 0. The molecule has 0 bridgehead atoms. The Kier molecular flexibility index (Phi) is 9.75. The maximum Gasteiger partial charge on any atom is 0.0916 e. The molecule has 0 saturated heterocycles. The van der Waals surface area contributed by atoms with Crippen molar-refractivity contribution in [2.75, 3.05) is 0 Å². The second-order valence-electron chi connectivity index (χ2n) is 23.2. The van der Waals surface area contributed by atoms with Crippen molar-refractivity contribution in [2.24, 2.45) is 37.1 Å². The van der Waals surface area contributed by atoms with Crippen LogP contribution >= 0.6 is 0 Å². The van der Waals surface area contributed by atoms with Crippen LogP contribution in [0.4, 0.5) is 0 Å². The molecule has 0 aliphatic heterocycles. The molecule has 3 aromatic heterocycles. The zero-order chi connectivity index (χ0) is 50.9. The van der Waals surface area contributed by atoms with Crippen molar-refractivity contribution in [3.63, 3.8) is 0 Å². The number of aliphatic imine (C=N–C) groups is 3. The van der Waals surface area contributed by atoms with Gasteiger partial charge in [-0.1, -0.05) is 182 Å². The molecule has 6 nitrogen and oxygen atoms in total. The average molecular weight is 983 g/mol. The van der Waals surface area contributed by atoms with Crippen LogP contribution in [0.2, 0.25) is 0 Å². The van der Waals surface area contributed by atoms with E-state index in [2.05, 4.69) is 233 Å². The summed E-state index contributed by atoms with van der Waals surface area (Å²) in [5.41, 5.74) is 19.2. The number of benzene rings is 6. The van der Waals surface area contributed by atoms with E-state index in [-0.39, 0.29) is 32.9 Å². The molecule has 76 heavy (non-hydrogen) atoms. The number of pyridine rings is 3. The van der Waals surface area contributed by atoms with Crippen LogP contribution in [-0.2, 0) is 0 Å². The lowest BCUT2D eigenvalue weighted by Crippen LogP contribution is -2.23. The Morgan fingerprint density at radius 1 is 0.342 bits per heavy atom. The van der Waals surface area contributed by atoms with Crippen molar-refractivity contribution in [1.82, 2.24) is 15.0 Å². The Hall–Kier alpha value is -8.22. The smallest absolute Gasteiger partial charge is 0.0916 e. The zero-order valence-electron chi connectivity index (χ0n) is 43.3. The monoisotopic (exact) mass is 982 g/mol. The predicted molar refractivity (Wildman–Crippen MR) is 309 cm³/mol. The van der Waals surface area contributed by atoms with Gasteiger partial charge in [0.1, 0.15) is 0 Å². The molecule has 0 N–H and O–H groups in total. The van der Waals surface area contributed by atoms with Crippen LogP contribution in [-0.4, -0.2) is 48.7 Å². The number of hydrogen-bond acceptors (Lipinski definition) is 6. The molecule has 6 fully saturated rings. The largest absolute Gasteiger partial charge is 0.282 e. The zero-order valence-corrected chi connectivity index (χ0v) is 43.3. The first-order valence-corrected chi connectivity index (χ1v) is 27.2. The van der Waals surface area contributed by atoms with E-state index in [0.717, 1.165) is 117 Å². The van der Waals surface area contributed by atoms with Gasteiger partial charge >= 0.3 is 0 Å². The van der Waals surface area contributed by atoms with Gasteiger partial charge in [0.2, 0.25) is 0 Å². The Bertz CT molecular complexity index is 3470. The maximum absolute atomic E-state index is 6.10. The Morgan fingerprint density at radius 3 is 1.05 bits per heavy atom. The summed E-state index contributed by atoms with van der Waals surface area (Å²) in [6.07, 6.45) is 12.7. The quantitative estimate of drug-likeness (QED) is 0.114. The van der Waals surface area contributed by atoms with Gasteiger partial charge in [-0.15, -0.1) is 0 Å². The highest BCUT2D eigenvalue weighted by Crippen LogP contribution is 3.03. The molecule has 3 heterocycles. The predicted octanol–water partition coefficient (Wildman–Crippen LogP) is 15.9. The fraction of sp³-hybridized carbons (Fsp3) is 0.229. The van der Waals surface area contributed by atoms with E-state index in [1.165, 1.54) is 22.3 Å². The molecule has 7 unspecified atom stereocenters. The highest BCUT2D eigenvalue weighted by Gasteiger charge is 3.04. The SMILES string of the molecule is C/C(=N/C12CC13CC1(/N=C(/C)c4cnc(-c5ccccc5)cc4-c4ccccc4)CC14CC1(/N=C(/C)c5ncc(-c6ccccc6)cc5-c5ccccc5)CC1(C2)C34)c1cnc(-c2ccccc2)cc1-c1ccccc1. The minimum Gasteiger partial charge on any atom is -0.282 e. The summed E-state index contributed by atoms with van der Waals surface area (Å²) in [6.45, 7) is 6.72. The highest BCUT2D eigenvalue weighted by molar-refractivity contribution is 6.07. The number of nitrogens with zero attached hydrogens (tertiary/aromatic N) is 6. The second kappa shape index (κ2) is 16.4. The Balaban J connectivity index is 0.862. The van der Waals surface area contributed by atoms with Gasteiger partial charge in [-0.3, -0.25) is 29.9 Å². The average Bonchev–Trinajstić information content (AvgIpc) is 3.17. The first-order chi connectivity index (χ1) is 37.2. The van der Waals surface area contributed by atoms with Gasteiger partial charge in [0.25, 0.3) is 0 Å². The third-order valence-electron chi connectivity index (χ3n) is 19.2. The standard InChI is InChI=1S/C70H58N6/c1-46(59-38-71-61(53-30-18-8-19-31-53)35-56(59)50-24-12-5-13-25-50)74-68-40-65-41-69(65,75-47(2)60-39-72-62(54-32-20-9-21-33-54)36-57(60)51-26-14-6-15-27-51)43-67-45-70(67,44-66(68,42-68)64(65)67)76-48(3)63-58(52-28-16-7-17-29-52)34-55(37-73-63)49-22-10-4-11-23-49/h4-39,64H,40-45H2,1-3H3/b74-46-,75-47-,76-48-. The van der Waals surface area contributed by atoms with Gasteiger partial charge in [-0.25, -0.2) is 0 Å². The fourth-order valence-corrected chi connectivity index (χ4v) is 16.2. The topological polar surface area (TPSA) is 75.8 Å². The number of rotatable bonds is 12. The van der Waals surface area contributed by atoms with Crippen molar-refractivity contribution >= 4 is 17.1 Å². The molecular formula is C70H58N6. The highest BCUT2D eigenvalue weighted by atomic mass is 15.2. The van der Waals surface area contributed by atoms with Gasteiger partial charge in [-0.05, 0) is 117 Å². The summed E-state index contributed by atoms with van der Waals surface area (Å²) in [4.78, 5) is 33.8. The van der Waals surface area contributed by atoms with Crippen molar-refractivity contribution in [3.05, 3.63) is 236 Å². The Labute approximate surface area is 445 Å². The molecule has 6 saturated carbocycles. The van der Waals surface area contributed by atoms with E-state index in [1.54, 1.807) is 0 Å². The summed E-state index contributed by atoms with van der Waals surface area (Å²) in [6, 6.07) is 70.9. The Morgan fingerprint density at radius 2 is 0.671 bits per heavy atom. The van der Waals surface area contributed by atoms with Crippen molar-refractivity contribution in [1.29, 1.82) is 0 Å². The molecule has 0 radical (unpaired) electrons. The molecular weight excluding hydrogens is 925 g/mol. The lowest BCUT2D eigenvalue weighted by Gasteiger charge is -2.25. The van der Waals surface area contributed by atoms with E-state index >= 15 is 0 Å². The van der Waals surface area contributed by atoms with Gasteiger partial charge in [-0.2, -0.15) is 0 Å². The van der Waals surface area contributed by atoms with Crippen LogP contribution < -0.4 is 0 Å². The molecule has 6 heteroatoms. The van der Waals surface area contributed by atoms with Crippen LogP contribution in [0.3, 0.4) is 0 Å². The van der Waals surface area contributed by atoms with Crippen molar-refractivity contribution in [2.45, 2.75) is 75.9 Å². The molecule has 6 aliphatic rings. The summed E-state index contributed by atoms with van der Waals surface area (Å²) < 4.78 is 0. The van der Waals surface area contributed by atoms with E-state index in [4.69, 9.17) is 29.9 Å². The maximum atomic E-state index is 6.10. The minimum atomic E-state index is -0.208. The van der Waals surface area contributed by atoms with Crippen molar-refractivity contribution < 1.29 is 0 Å². The van der Waals surface area contributed by atoms with E-state index < -0.39 is 0 Å². The second-order valence-corrected chi connectivity index (χ2v) is 23.2. The molecule has 6 aromatic carbocycles. The minimum absolute atomic E-state index is 0.0423. The lowest BCUT2D eigenvalue weighted by molar-refractivity contribution is 0.205. The van der Waals surface area contributed by atoms with Gasteiger partial charge in [0, 0.05) is 79.6 Å². The first kappa shape index (κ1) is 45.2.